The third kappa shape index (κ3) is 12.3. The predicted molar refractivity (Wildman–Crippen MR) is 283 cm³/mol. The van der Waals surface area contributed by atoms with Crippen LogP contribution >= 0.6 is 0 Å². The Morgan fingerprint density at radius 2 is 0.986 bits per heavy atom. The summed E-state index contributed by atoms with van der Waals surface area (Å²) in [5, 5.41) is 12.7. The zero-order chi connectivity index (χ0) is 48.9. The van der Waals surface area contributed by atoms with Crippen LogP contribution in [0.5, 0.6) is 34.5 Å². The van der Waals surface area contributed by atoms with Crippen LogP contribution in [0, 0.1) is 0 Å². The van der Waals surface area contributed by atoms with Gasteiger partial charge < -0.3 is 54.2 Å². The monoisotopic (exact) mass is 969 g/mol. The van der Waals surface area contributed by atoms with Crippen molar-refractivity contribution in [3.8, 4) is 34.5 Å². The van der Waals surface area contributed by atoms with Crippen molar-refractivity contribution in [3.63, 3.8) is 0 Å². The summed E-state index contributed by atoms with van der Waals surface area (Å²) in [6, 6.07) is 25.1. The Bertz CT molecular complexity index is 2670. The van der Waals surface area contributed by atoms with E-state index in [0.717, 1.165) is 135 Å². The SMILES string of the molecule is COc1cc2nc(NC3CCN(Cc4ccc(OC)c(OCc5ccccc5)c4)CC3)nc(N3CCCCC3)c2cc1OC.COc1cc2nc(NC3CCNCC3)nc(N3CCCCC3)c2cc1OC. The predicted octanol–water partition coefficient (Wildman–Crippen LogP) is 9.10. The molecule has 4 aliphatic rings. The number of nitrogens with one attached hydrogen (secondary N) is 3. The minimum absolute atomic E-state index is 0.304. The molecule has 0 bridgehead atoms. The van der Waals surface area contributed by atoms with Gasteiger partial charge in [-0.2, -0.15) is 9.97 Å². The maximum absolute atomic E-state index is 6.15. The summed E-state index contributed by atoms with van der Waals surface area (Å²) in [4.78, 5) is 27.0. The van der Waals surface area contributed by atoms with Gasteiger partial charge in [-0.1, -0.05) is 36.4 Å². The lowest BCUT2D eigenvalue weighted by molar-refractivity contribution is 0.210. The van der Waals surface area contributed by atoms with E-state index in [4.69, 9.17) is 48.4 Å². The molecule has 2 aromatic heterocycles. The minimum atomic E-state index is 0.304. The third-order valence-corrected chi connectivity index (χ3v) is 14.1. The quantitative estimate of drug-likeness (QED) is 0.0845. The molecule has 378 valence electrons. The largest absolute Gasteiger partial charge is 0.493 e. The Kier molecular flexibility index (Phi) is 16.8. The second-order valence-corrected chi connectivity index (χ2v) is 18.9. The van der Waals surface area contributed by atoms with Crippen LogP contribution in [0.2, 0.25) is 0 Å². The van der Waals surface area contributed by atoms with Crippen LogP contribution in [0.4, 0.5) is 23.5 Å². The lowest BCUT2D eigenvalue weighted by atomic mass is 10.0. The number of nitrogens with zero attached hydrogens (tertiary/aromatic N) is 7. The molecule has 4 saturated heterocycles. The molecular weight excluding hydrogens is 897 g/mol. The molecule has 0 aliphatic carbocycles. The summed E-state index contributed by atoms with van der Waals surface area (Å²) in [6.07, 6.45) is 11.5. The Balaban J connectivity index is 0.000000197. The molecule has 6 heterocycles. The van der Waals surface area contributed by atoms with Crippen molar-refractivity contribution in [1.29, 1.82) is 0 Å². The molecule has 16 nitrogen and oxygen atoms in total. The molecule has 3 N–H and O–H groups in total. The van der Waals surface area contributed by atoms with Gasteiger partial charge in [0.25, 0.3) is 0 Å². The van der Waals surface area contributed by atoms with Crippen LogP contribution in [0.3, 0.4) is 0 Å². The first-order valence-corrected chi connectivity index (χ1v) is 25.6. The summed E-state index contributed by atoms with van der Waals surface area (Å²) in [7, 11) is 8.33. The number of ether oxygens (including phenoxy) is 6. The summed E-state index contributed by atoms with van der Waals surface area (Å²) in [6.45, 7) is 9.50. The second-order valence-electron chi connectivity index (χ2n) is 18.9. The summed E-state index contributed by atoms with van der Waals surface area (Å²) >= 11 is 0. The normalized spacial score (nSPS) is 17.0. The Morgan fingerprint density at radius 1 is 0.493 bits per heavy atom. The lowest BCUT2D eigenvalue weighted by Crippen LogP contribution is -2.39. The number of aromatic nitrogens is 4. The van der Waals surface area contributed by atoms with E-state index in [0.29, 0.717) is 53.6 Å². The van der Waals surface area contributed by atoms with Gasteiger partial charge in [0.2, 0.25) is 11.9 Å². The highest BCUT2D eigenvalue weighted by Crippen LogP contribution is 2.39. The van der Waals surface area contributed by atoms with Gasteiger partial charge in [0, 0.05) is 80.8 Å². The molecule has 10 rings (SSSR count). The smallest absolute Gasteiger partial charge is 0.225 e. The number of hydrogen-bond donors (Lipinski definition) is 3. The molecule has 0 amide bonds. The Hall–Kier alpha value is -6.52. The second kappa shape index (κ2) is 24.1. The van der Waals surface area contributed by atoms with E-state index in [1.807, 2.05) is 48.5 Å². The van der Waals surface area contributed by atoms with Crippen molar-refractivity contribution in [1.82, 2.24) is 30.2 Å². The van der Waals surface area contributed by atoms with E-state index < -0.39 is 0 Å². The molecular formula is C55H72N10O6. The van der Waals surface area contributed by atoms with Crippen LogP contribution in [-0.2, 0) is 13.2 Å². The molecule has 4 aromatic carbocycles. The molecule has 0 spiro atoms. The van der Waals surface area contributed by atoms with Gasteiger partial charge >= 0.3 is 0 Å². The molecule has 0 radical (unpaired) electrons. The highest BCUT2D eigenvalue weighted by Gasteiger charge is 2.25. The van der Waals surface area contributed by atoms with Crippen LogP contribution in [0.15, 0.2) is 72.8 Å². The molecule has 0 unspecified atom stereocenters. The number of anilines is 4. The van der Waals surface area contributed by atoms with Gasteiger partial charge in [0.1, 0.15) is 18.2 Å². The van der Waals surface area contributed by atoms with E-state index in [1.165, 1.54) is 44.1 Å². The average Bonchev–Trinajstić information content (AvgIpc) is 3.43. The first-order valence-electron chi connectivity index (χ1n) is 25.6. The summed E-state index contributed by atoms with van der Waals surface area (Å²) in [5.41, 5.74) is 4.10. The molecule has 4 aliphatic heterocycles. The van der Waals surface area contributed by atoms with E-state index in [9.17, 15) is 0 Å². The molecule has 4 fully saturated rings. The molecule has 0 atom stereocenters. The molecule has 6 aromatic rings. The van der Waals surface area contributed by atoms with Gasteiger partial charge in [0.05, 0.1) is 46.6 Å². The first-order chi connectivity index (χ1) is 34.9. The average molecular weight is 969 g/mol. The standard InChI is InChI=1S/C35H43N5O4.C20H29N5O2/c1-41-30-13-12-26(20-33(30)44-24-25-10-6-4-7-11-25)23-39-18-14-27(15-19-39)36-35-37-29-22-32(43-3)31(42-2)21-28(29)34(38-35)40-16-8-5-9-17-40;1-26-17-12-15-16(13-18(17)27-2)23-20(22-14-6-8-21-9-7-14)24-19(15)25-10-4-3-5-11-25/h4,6-7,10-13,20-22,27H,5,8-9,14-19,23-24H2,1-3H3,(H,36,37,38);12-14,21H,3-11H2,1-2H3,(H,22,23,24). The number of fused-ring (bicyclic) bond motifs is 2. The van der Waals surface area contributed by atoms with E-state index in [1.54, 1.807) is 35.5 Å². The molecule has 71 heavy (non-hydrogen) atoms. The minimum Gasteiger partial charge on any atom is -0.493 e. The van der Waals surface area contributed by atoms with Crippen molar-refractivity contribution >= 4 is 45.3 Å². The maximum Gasteiger partial charge on any atom is 0.225 e. The van der Waals surface area contributed by atoms with Gasteiger partial charge in [0.15, 0.2) is 34.5 Å². The Morgan fingerprint density at radius 3 is 1.49 bits per heavy atom. The fraction of sp³-hybridized carbons (Fsp3) is 0.491. The lowest BCUT2D eigenvalue weighted by Gasteiger charge is -2.33. The van der Waals surface area contributed by atoms with Crippen LogP contribution < -0.4 is 54.2 Å². The maximum atomic E-state index is 6.15. The number of piperidine rings is 4. The van der Waals surface area contributed by atoms with Gasteiger partial charge in [-0.3, -0.25) is 4.90 Å². The fourth-order valence-corrected chi connectivity index (χ4v) is 10.2. The van der Waals surface area contributed by atoms with E-state index >= 15 is 0 Å². The number of benzene rings is 4. The summed E-state index contributed by atoms with van der Waals surface area (Å²) in [5.74, 6) is 7.67. The van der Waals surface area contributed by atoms with E-state index in [-0.39, 0.29) is 0 Å². The van der Waals surface area contributed by atoms with E-state index in [2.05, 4.69) is 54.9 Å². The Labute approximate surface area is 418 Å². The number of likely N-dealkylation sites (tertiary alicyclic amines) is 1. The summed E-state index contributed by atoms with van der Waals surface area (Å²) < 4.78 is 33.9. The van der Waals surface area contributed by atoms with Gasteiger partial charge in [-0.05, 0) is 113 Å². The van der Waals surface area contributed by atoms with Gasteiger partial charge in [-0.15, -0.1) is 0 Å². The molecule has 0 saturated carbocycles. The van der Waals surface area contributed by atoms with Crippen molar-refractivity contribution in [2.24, 2.45) is 0 Å². The fourth-order valence-electron chi connectivity index (χ4n) is 10.2. The number of hydrogen-bond acceptors (Lipinski definition) is 16. The first kappa shape index (κ1) is 49.5. The van der Waals surface area contributed by atoms with Crippen LogP contribution in [0.1, 0.15) is 75.3 Å². The number of rotatable bonds is 16. The zero-order valence-corrected chi connectivity index (χ0v) is 42.3. The van der Waals surface area contributed by atoms with Crippen molar-refractivity contribution in [2.75, 3.05) is 108 Å². The van der Waals surface area contributed by atoms with Crippen molar-refractivity contribution in [3.05, 3.63) is 83.9 Å². The van der Waals surface area contributed by atoms with Crippen molar-refractivity contribution < 1.29 is 28.4 Å². The van der Waals surface area contributed by atoms with Crippen LogP contribution in [0.25, 0.3) is 21.8 Å². The van der Waals surface area contributed by atoms with Crippen molar-refractivity contribution in [2.45, 2.75) is 89.4 Å². The third-order valence-electron chi connectivity index (χ3n) is 14.1. The zero-order valence-electron chi connectivity index (χ0n) is 42.3. The van der Waals surface area contributed by atoms with Crippen LogP contribution in [-0.4, -0.2) is 125 Å². The molecule has 16 heteroatoms. The number of methoxy groups -OCH3 is 5. The highest BCUT2D eigenvalue weighted by atomic mass is 16.5. The topological polar surface area (TPSA) is 153 Å². The van der Waals surface area contributed by atoms with Gasteiger partial charge in [-0.25, -0.2) is 9.97 Å². The highest BCUT2D eigenvalue weighted by molar-refractivity contribution is 5.94.